The zero-order valence-corrected chi connectivity index (χ0v) is 17.0. The zero-order chi connectivity index (χ0) is 20.6. The number of nitrogens with one attached hydrogen (secondary N) is 2. The van der Waals surface area contributed by atoms with Crippen molar-refractivity contribution in [3.63, 3.8) is 0 Å². The normalized spacial score (nSPS) is 15.3. The summed E-state index contributed by atoms with van der Waals surface area (Å²) in [5, 5.41) is 2.92. The smallest absolute Gasteiger partial charge is 0.253 e. The number of anilines is 1. The van der Waals surface area contributed by atoms with Crippen LogP contribution in [0.5, 0.6) is 0 Å². The largest absolute Gasteiger partial charge is 0.382 e. The van der Waals surface area contributed by atoms with Crippen LogP contribution >= 0.6 is 0 Å². The third-order valence-electron chi connectivity index (χ3n) is 4.25. The number of ether oxygens (including phenoxy) is 2. The number of sulfonamides is 1. The number of carbonyl (C=O) groups is 2. The molecule has 0 saturated carbocycles. The zero-order valence-electron chi connectivity index (χ0n) is 16.1. The lowest BCUT2D eigenvalue weighted by atomic mass is 10.0. The topological polar surface area (TPSA) is 114 Å². The minimum atomic E-state index is -3.35. The maximum absolute atomic E-state index is 12.6. The summed E-state index contributed by atoms with van der Waals surface area (Å²) in [7, 11) is -1.78. The third-order valence-corrected chi connectivity index (χ3v) is 4.85. The Kier molecular flexibility index (Phi) is 8.21. The van der Waals surface area contributed by atoms with Gasteiger partial charge in [0.25, 0.3) is 5.91 Å². The standard InChI is InChI=1S/C18H27N3O6S/c1-26-11-12-27-13-17(22)19-15-7-9-21(10-8-15)18(23)14-3-5-16(6-4-14)20-28(2,24)25/h3-6,15,20H,7-13H2,1-2H3,(H,19,22). The fourth-order valence-electron chi connectivity index (χ4n) is 2.88. The summed E-state index contributed by atoms with van der Waals surface area (Å²) in [5.41, 5.74) is 0.904. The number of likely N-dealkylation sites (tertiary alicyclic amines) is 1. The number of benzene rings is 1. The predicted molar refractivity (Wildman–Crippen MR) is 105 cm³/mol. The molecule has 1 fully saturated rings. The van der Waals surface area contributed by atoms with Crippen molar-refractivity contribution in [2.75, 3.05) is 51.0 Å². The summed E-state index contributed by atoms with van der Waals surface area (Å²) >= 11 is 0. The molecule has 9 nitrogen and oxygen atoms in total. The molecule has 0 aliphatic carbocycles. The molecule has 1 aromatic rings. The highest BCUT2D eigenvalue weighted by atomic mass is 32.2. The average Bonchev–Trinajstić information content (AvgIpc) is 2.65. The van der Waals surface area contributed by atoms with Crippen LogP contribution in [0.2, 0.25) is 0 Å². The predicted octanol–water partition coefficient (Wildman–Crippen LogP) is 0.442. The number of hydrogen-bond donors (Lipinski definition) is 2. The van der Waals surface area contributed by atoms with Gasteiger partial charge in [0.15, 0.2) is 0 Å². The maximum Gasteiger partial charge on any atom is 0.253 e. The molecule has 0 bridgehead atoms. The van der Waals surface area contributed by atoms with Crippen molar-refractivity contribution in [3.05, 3.63) is 29.8 Å². The SMILES string of the molecule is COCCOCC(=O)NC1CCN(C(=O)c2ccc(NS(C)(=O)=O)cc2)CC1. The molecule has 0 atom stereocenters. The molecule has 2 amide bonds. The van der Waals surface area contributed by atoms with E-state index in [2.05, 4.69) is 10.0 Å². The van der Waals surface area contributed by atoms with Crippen molar-refractivity contribution >= 4 is 27.5 Å². The average molecular weight is 413 g/mol. The van der Waals surface area contributed by atoms with Gasteiger partial charge in [-0.3, -0.25) is 14.3 Å². The van der Waals surface area contributed by atoms with E-state index >= 15 is 0 Å². The van der Waals surface area contributed by atoms with E-state index in [1.165, 1.54) is 0 Å². The second kappa shape index (κ2) is 10.4. The Balaban J connectivity index is 1.78. The van der Waals surface area contributed by atoms with Crippen molar-refractivity contribution in [1.29, 1.82) is 0 Å². The number of amides is 2. The molecule has 1 saturated heterocycles. The molecule has 0 spiro atoms. The van der Waals surface area contributed by atoms with Gasteiger partial charge in [0.2, 0.25) is 15.9 Å². The molecule has 0 radical (unpaired) electrons. The van der Waals surface area contributed by atoms with E-state index in [1.807, 2.05) is 0 Å². The third kappa shape index (κ3) is 7.45. The first-order valence-corrected chi connectivity index (χ1v) is 10.9. The quantitative estimate of drug-likeness (QED) is 0.568. The van der Waals surface area contributed by atoms with Crippen LogP contribution in [-0.4, -0.2) is 77.4 Å². The Bertz CT molecular complexity index is 758. The van der Waals surface area contributed by atoms with E-state index in [-0.39, 0.29) is 24.5 Å². The van der Waals surface area contributed by atoms with Gasteiger partial charge in [-0.15, -0.1) is 0 Å². The van der Waals surface area contributed by atoms with Gasteiger partial charge in [-0.25, -0.2) is 8.42 Å². The highest BCUT2D eigenvalue weighted by Crippen LogP contribution is 2.16. The molecule has 2 N–H and O–H groups in total. The summed E-state index contributed by atoms with van der Waals surface area (Å²) in [6.07, 6.45) is 2.41. The lowest BCUT2D eigenvalue weighted by Crippen LogP contribution is -2.47. The van der Waals surface area contributed by atoms with Gasteiger partial charge in [0.1, 0.15) is 6.61 Å². The lowest BCUT2D eigenvalue weighted by molar-refractivity contribution is -0.127. The first-order chi connectivity index (χ1) is 13.3. The highest BCUT2D eigenvalue weighted by Gasteiger charge is 2.24. The molecular weight excluding hydrogens is 386 g/mol. The Labute approximate surface area is 165 Å². The van der Waals surface area contributed by atoms with Gasteiger partial charge in [0, 0.05) is 37.5 Å². The lowest BCUT2D eigenvalue weighted by Gasteiger charge is -2.32. The Hall–Kier alpha value is -2.17. The maximum atomic E-state index is 12.6. The molecule has 10 heteroatoms. The van der Waals surface area contributed by atoms with Crippen molar-refractivity contribution in [3.8, 4) is 0 Å². The Morgan fingerprint density at radius 1 is 1.14 bits per heavy atom. The Morgan fingerprint density at radius 3 is 2.36 bits per heavy atom. The minimum Gasteiger partial charge on any atom is -0.382 e. The van der Waals surface area contributed by atoms with E-state index in [1.54, 1.807) is 36.3 Å². The van der Waals surface area contributed by atoms with Crippen molar-refractivity contribution < 1.29 is 27.5 Å². The van der Waals surface area contributed by atoms with Gasteiger partial charge in [-0.2, -0.15) is 0 Å². The summed E-state index contributed by atoms with van der Waals surface area (Å²) in [5.74, 6) is -0.284. The second-order valence-electron chi connectivity index (χ2n) is 6.63. The summed E-state index contributed by atoms with van der Waals surface area (Å²) in [6.45, 7) is 1.89. The molecule has 1 aliphatic heterocycles. The van der Waals surface area contributed by atoms with Crippen molar-refractivity contribution in [2.24, 2.45) is 0 Å². The number of hydrogen-bond acceptors (Lipinski definition) is 6. The first-order valence-electron chi connectivity index (χ1n) is 9.01. The molecule has 2 rings (SSSR count). The van der Waals surface area contributed by atoms with Crippen LogP contribution in [0.15, 0.2) is 24.3 Å². The fourth-order valence-corrected chi connectivity index (χ4v) is 3.45. The molecule has 0 unspecified atom stereocenters. The number of rotatable bonds is 9. The number of nitrogens with zero attached hydrogens (tertiary/aromatic N) is 1. The van der Waals surface area contributed by atoms with Crippen molar-refractivity contribution in [2.45, 2.75) is 18.9 Å². The fraction of sp³-hybridized carbons (Fsp3) is 0.556. The van der Waals surface area contributed by atoms with Gasteiger partial charge >= 0.3 is 0 Å². The van der Waals surface area contributed by atoms with Gasteiger partial charge in [0.05, 0.1) is 19.5 Å². The summed E-state index contributed by atoms with van der Waals surface area (Å²) in [4.78, 5) is 26.2. The Morgan fingerprint density at radius 2 is 1.79 bits per heavy atom. The molecule has 0 aromatic heterocycles. The molecule has 28 heavy (non-hydrogen) atoms. The molecule has 1 aliphatic rings. The van der Waals surface area contributed by atoms with Gasteiger partial charge in [-0.1, -0.05) is 0 Å². The molecule has 1 aromatic carbocycles. The number of carbonyl (C=O) groups excluding carboxylic acids is 2. The molecular formula is C18H27N3O6S. The molecule has 1 heterocycles. The van der Waals surface area contributed by atoms with Crippen LogP contribution < -0.4 is 10.0 Å². The van der Waals surface area contributed by atoms with Gasteiger partial charge in [-0.05, 0) is 37.1 Å². The first kappa shape index (κ1) is 22.1. The van der Waals surface area contributed by atoms with Gasteiger partial charge < -0.3 is 19.7 Å². The molecule has 156 valence electrons. The number of methoxy groups -OCH3 is 1. The number of piperidine rings is 1. The van der Waals surface area contributed by atoms with Crippen LogP contribution in [-0.2, 0) is 24.3 Å². The van der Waals surface area contributed by atoms with E-state index in [9.17, 15) is 18.0 Å². The van der Waals surface area contributed by atoms with E-state index in [0.29, 0.717) is 50.4 Å². The monoisotopic (exact) mass is 413 g/mol. The van der Waals surface area contributed by atoms with E-state index in [0.717, 1.165) is 6.26 Å². The highest BCUT2D eigenvalue weighted by molar-refractivity contribution is 7.92. The summed E-state index contributed by atoms with van der Waals surface area (Å²) < 4.78 is 34.9. The van der Waals surface area contributed by atoms with Crippen molar-refractivity contribution in [1.82, 2.24) is 10.2 Å². The minimum absolute atomic E-state index is 0.00360. The van der Waals surface area contributed by atoms with E-state index in [4.69, 9.17) is 9.47 Å². The van der Waals surface area contributed by atoms with Crippen LogP contribution in [0, 0.1) is 0 Å². The van der Waals surface area contributed by atoms with E-state index < -0.39 is 10.0 Å². The van der Waals surface area contributed by atoms with Crippen LogP contribution in [0.1, 0.15) is 23.2 Å². The second-order valence-corrected chi connectivity index (χ2v) is 8.38. The van der Waals surface area contributed by atoms with Crippen LogP contribution in [0.3, 0.4) is 0 Å². The van der Waals surface area contributed by atoms with Crippen LogP contribution in [0.25, 0.3) is 0 Å². The summed E-state index contributed by atoms with van der Waals surface area (Å²) in [6, 6.07) is 6.33. The van der Waals surface area contributed by atoms with Crippen LogP contribution in [0.4, 0.5) is 5.69 Å².